The normalized spacial score (nSPS) is 10.7. The third kappa shape index (κ3) is 4.20. The first-order valence-corrected chi connectivity index (χ1v) is 10.2. The van der Waals surface area contributed by atoms with E-state index in [-0.39, 0.29) is 17.2 Å². The van der Waals surface area contributed by atoms with Crippen molar-refractivity contribution in [2.75, 3.05) is 12.3 Å². The van der Waals surface area contributed by atoms with E-state index >= 15 is 0 Å². The van der Waals surface area contributed by atoms with Crippen molar-refractivity contribution < 1.29 is 4.79 Å². The van der Waals surface area contributed by atoms with Gasteiger partial charge < -0.3 is 5.32 Å². The molecule has 0 saturated heterocycles. The SMILES string of the molecule is C=CCNC(=O)CSc1nc2scc(-c3ccccc3)c2c(=O)n1CC=C. The second-order valence-electron chi connectivity index (χ2n) is 5.68. The van der Waals surface area contributed by atoms with E-state index in [9.17, 15) is 9.59 Å². The highest BCUT2D eigenvalue weighted by Gasteiger charge is 2.17. The van der Waals surface area contributed by atoms with Gasteiger partial charge in [-0.1, -0.05) is 54.2 Å². The van der Waals surface area contributed by atoms with Crippen molar-refractivity contribution >= 4 is 39.2 Å². The number of carbonyl (C=O) groups is 1. The van der Waals surface area contributed by atoms with E-state index in [2.05, 4.69) is 23.5 Å². The number of thiophene rings is 1. The third-order valence-corrected chi connectivity index (χ3v) is 5.68. The zero-order valence-corrected chi connectivity index (χ0v) is 16.3. The van der Waals surface area contributed by atoms with Gasteiger partial charge in [-0.05, 0) is 5.56 Å². The molecule has 0 spiro atoms. The largest absolute Gasteiger partial charge is 0.352 e. The van der Waals surface area contributed by atoms with Gasteiger partial charge in [0.2, 0.25) is 5.91 Å². The maximum atomic E-state index is 13.2. The van der Waals surface area contributed by atoms with Gasteiger partial charge in [0.05, 0.1) is 11.1 Å². The van der Waals surface area contributed by atoms with E-state index in [1.165, 1.54) is 23.1 Å². The molecule has 2 heterocycles. The lowest BCUT2D eigenvalue weighted by Crippen LogP contribution is -2.26. The highest BCUT2D eigenvalue weighted by Crippen LogP contribution is 2.32. The lowest BCUT2D eigenvalue weighted by atomic mass is 10.1. The lowest BCUT2D eigenvalue weighted by Gasteiger charge is -2.10. The number of benzene rings is 1. The van der Waals surface area contributed by atoms with E-state index in [0.717, 1.165) is 11.1 Å². The summed E-state index contributed by atoms with van der Waals surface area (Å²) in [5.74, 6) is 0.0513. The van der Waals surface area contributed by atoms with Crippen LogP contribution in [-0.2, 0) is 11.3 Å². The molecular weight excluding hydrogens is 378 g/mol. The molecule has 3 aromatic rings. The highest BCUT2D eigenvalue weighted by atomic mass is 32.2. The molecule has 138 valence electrons. The summed E-state index contributed by atoms with van der Waals surface area (Å²) >= 11 is 2.68. The number of allylic oxidation sites excluding steroid dienone is 1. The molecule has 1 amide bonds. The Kier molecular flexibility index (Phi) is 6.26. The van der Waals surface area contributed by atoms with Crippen LogP contribution in [0.4, 0.5) is 0 Å². The molecule has 0 fully saturated rings. The lowest BCUT2D eigenvalue weighted by molar-refractivity contribution is -0.118. The Bertz CT molecular complexity index is 1040. The fourth-order valence-corrected chi connectivity index (χ4v) is 4.43. The summed E-state index contributed by atoms with van der Waals surface area (Å²) in [5.41, 5.74) is 1.75. The van der Waals surface area contributed by atoms with Gasteiger partial charge in [-0.25, -0.2) is 4.98 Å². The Morgan fingerprint density at radius 2 is 2.04 bits per heavy atom. The van der Waals surface area contributed by atoms with Crippen LogP contribution < -0.4 is 10.9 Å². The first-order valence-electron chi connectivity index (χ1n) is 8.34. The summed E-state index contributed by atoms with van der Waals surface area (Å²) in [4.78, 5) is 30.4. The van der Waals surface area contributed by atoms with E-state index in [4.69, 9.17) is 0 Å². The van der Waals surface area contributed by atoms with Crippen LogP contribution in [0.2, 0.25) is 0 Å². The van der Waals surface area contributed by atoms with Crippen molar-refractivity contribution in [3.05, 3.63) is 71.4 Å². The van der Waals surface area contributed by atoms with Gasteiger partial charge in [-0.2, -0.15) is 0 Å². The monoisotopic (exact) mass is 397 g/mol. The number of thioether (sulfide) groups is 1. The molecule has 0 radical (unpaired) electrons. The Morgan fingerprint density at radius 3 is 2.74 bits per heavy atom. The molecule has 0 aliphatic carbocycles. The maximum Gasteiger partial charge on any atom is 0.263 e. The molecule has 0 saturated carbocycles. The number of hydrogen-bond donors (Lipinski definition) is 1. The van der Waals surface area contributed by atoms with Crippen LogP contribution in [0.1, 0.15) is 0 Å². The Balaban J connectivity index is 2.02. The van der Waals surface area contributed by atoms with Gasteiger partial charge in [0.1, 0.15) is 4.83 Å². The minimum absolute atomic E-state index is 0.117. The molecule has 5 nitrogen and oxygen atoms in total. The fraction of sp³-hybridized carbons (Fsp3) is 0.150. The van der Waals surface area contributed by atoms with Crippen molar-refractivity contribution in [1.29, 1.82) is 0 Å². The molecule has 1 N–H and O–H groups in total. The summed E-state index contributed by atoms with van der Waals surface area (Å²) in [5, 5.41) is 5.80. The first kappa shape index (κ1) is 19.1. The number of rotatable bonds is 8. The van der Waals surface area contributed by atoms with Crippen LogP contribution in [0.15, 0.2) is 71.0 Å². The number of amides is 1. The Morgan fingerprint density at radius 1 is 1.26 bits per heavy atom. The smallest absolute Gasteiger partial charge is 0.263 e. The zero-order valence-electron chi connectivity index (χ0n) is 14.7. The summed E-state index contributed by atoms with van der Waals surface area (Å²) in [6, 6.07) is 9.79. The highest BCUT2D eigenvalue weighted by molar-refractivity contribution is 7.99. The van der Waals surface area contributed by atoms with Gasteiger partial charge >= 0.3 is 0 Å². The van der Waals surface area contributed by atoms with Gasteiger partial charge in [-0.3, -0.25) is 14.2 Å². The van der Waals surface area contributed by atoms with Crippen LogP contribution >= 0.6 is 23.1 Å². The van der Waals surface area contributed by atoms with Crippen LogP contribution in [0.25, 0.3) is 21.3 Å². The Labute approximate surface area is 165 Å². The van der Waals surface area contributed by atoms with Crippen LogP contribution in [0.5, 0.6) is 0 Å². The minimum Gasteiger partial charge on any atom is -0.352 e. The molecule has 1 aromatic carbocycles. The molecule has 0 aliphatic heterocycles. The summed E-state index contributed by atoms with van der Waals surface area (Å²) in [7, 11) is 0. The number of nitrogens with one attached hydrogen (secondary N) is 1. The second-order valence-corrected chi connectivity index (χ2v) is 7.48. The van der Waals surface area contributed by atoms with E-state index in [0.29, 0.717) is 28.5 Å². The Hall–Kier alpha value is -2.64. The van der Waals surface area contributed by atoms with Crippen LogP contribution in [0, 0.1) is 0 Å². The van der Waals surface area contributed by atoms with E-state index < -0.39 is 0 Å². The topological polar surface area (TPSA) is 64.0 Å². The van der Waals surface area contributed by atoms with Gasteiger partial charge in [0.25, 0.3) is 5.56 Å². The molecule has 7 heteroatoms. The molecule has 0 atom stereocenters. The summed E-state index contributed by atoms with van der Waals surface area (Å²) < 4.78 is 1.57. The van der Waals surface area contributed by atoms with Crippen LogP contribution in [0.3, 0.4) is 0 Å². The van der Waals surface area contributed by atoms with Crippen molar-refractivity contribution in [2.24, 2.45) is 0 Å². The number of fused-ring (bicyclic) bond motifs is 1. The average Bonchev–Trinajstić information content (AvgIpc) is 3.12. The molecule has 2 aromatic heterocycles. The standard InChI is InChI=1S/C20H19N3O2S2/c1-3-10-21-16(24)13-27-20-22-18-17(19(25)23(20)11-4-2)15(12-26-18)14-8-6-5-7-9-14/h3-9,12H,1-2,10-11,13H2,(H,21,24). The zero-order chi connectivity index (χ0) is 19.2. The number of hydrogen-bond acceptors (Lipinski definition) is 5. The van der Waals surface area contributed by atoms with Crippen molar-refractivity contribution in [3.8, 4) is 11.1 Å². The van der Waals surface area contributed by atoms with Crippen molar-refractivity contribution in [2.45, 2.75) is 11.7 Å². The van der Waals surface area contributed by atoms with Crippen LogP contribution in [-0.4, -0.2) is 27.8 Å². The average molecular weight is 398 g/mol. The molecular formula is C20H19N3O2S2. The maximum absolute atomic E-state index is 13.2. The van der Waals surface area contributed by atoms with Gasteiger partial charge in [-0.15, -0.1) is 24.5 Å². The number of aromatic nitrogens is 2. The van der Waals surface area contributed by atoms with E-state index in [1.54, 1.807) is 16.7 Å². The number of carbonyl (C=O) groups excluding carboxylic acids is 1. The van der Waals surface area contributed by atoms with Crippen molar-refractivity contribution in [1.82, 2.24) is 14.9 Å². The predicted molar refractivity (Wildman–Crippen MR) is 113 cm³/mol. The fourth-order valence-electron chi connectivity index (χ4n) is 2.60. The molecule has 27 heavy (non-hydrogen) atoms. The van der Waals surface area contributed by atoms with Crippen molar-refractivity contribution in [3.63, 3.8) is 0 Å². The third-order valence-electron chi connectivity index (χ3n) is 3.83. The molecule has 3 rings (SSSR count). The molecule has 0 unspecified atom stereocenters. The summed E-state index contributed by atoms with van der Waals surface area (Å²) in [6.07, 6.45) is 3.28. The predicted octanol–water partition coefficient (Wildman–Crippen LogP) is 3.71. The molecule has 0 bridgehead atoms. The molecule has 0 aliphatic rings. The van der Waals surface area contributed by atoms with Gasteiger partial charge in [0, 0.05) is 24.0 Å². The quantitative estimate of drug-likeness (QED) is 0.358. The van der Waals surface area contributed by atoms with E-state index in [1.807, 2.05) is 35.7 Å². The number of nitrogens with zero attached hydrogens (tertiary/aromatic N) is 2. The first-order chi connectivity index (χ1) is 13.2. The summed E-state index contributed by atoms with van der Waals surface area (Å²) in [6.45, 7) is 8.06. The minimum atomic E-state index is -0.129. The van der Waals surface area contributed by atoms with Gasteiger partial charge in [0.15, 0.2) is 5.16 Å². The second kappa shape index (κ2) is 8.83.